The van der Waals surface area contributed by atoms with Gasteiger partial charge in [-0.1, -0.05) is 0 Å². The van der Waals surface area contributed by atoms with Crippen molar-refractivity contribution < 1.29 is 9.21 Å². The lowest BCUT2D eigenvalue weighted by Crippen LogP contribution is -2.37. The Labute approximate surface area is 123 Å². The zero-order valence-corrected chi connectivity index (χ0v) is 12.8. The Morgan fingerprint density at radius 3 is 2.81 bits per heavy atom. The lowest BCUT2D eigenvalue weighted by atomic mass is 10.2. The fourth-order valence-corrected chi connectivity index (χ4v) is 2.10. The van der Waals surface area contributed by atoms with E-state index in [2.05, 4.69) is 15.7 Å². The molecule has 2 aromatic heterocycles. The van der Waals surface area contributed by atoms with Crippen LogP contribution in [0.2, 0.25) is 0 Å². The molecule has 0 aromatic carbocycles. The zero-order valence-electron chi connectivity index (χ0n) is 12.8. The largest absolute Gasteiger partial charge is 0.468 e. The minimum absolute atomic E-state index is 0.0148. The van der Waals surface area contributed by atoms with Gasteiger partial charge in [-0.15, -0.1) is 0 Å². The predicted octanol–water partition coefficient (Wildman–Crippen LogP) is 1.75. The van der Waals surface area contributed by atoms with Gasteiger partial charge in [-0.05, 0) is 33.2 Å². The van der Waals surface area contributed by atoms with Gasteiger partial charge in [0.05, 0.1) is 18.0 Å². The number of urea groups is 1. The standard InChI is InChI=1S/C14H21N5O2/c1-10-8-13(19(4)17-10)16-14(20)15-9-11(18(2)3)12-6-5-7-21-12/h5-8,11H,9H2,1-4H3,(H2,15,16,20). The molecule has 2 rings (SSSR count). The van der Waals surface area contributed by atoms with Crippen LogP contribution in [0.1, 0.15) is 17.5 Å². The van der Waals surface area contributed by atoms with Crippen molar-refractivity contribution in [1.82, 2.24) is 20.0 Å². The maximum atomic E-state index is 12.0. The molecule has 0 saturated carbocycles. The fourth-order valence-electron chi connectivity index (χ4n) is 2.10. The summed E-state index contributed by atoms with van der Waals surface area (Å²) in [6.45, 7) is 2.32. The normalized spacial score (nSPS) is 12.4. The number of hydrogen-bond acceptors (Lipinski definition) is 4. The first kappa shape index (κ1) is 15.1. The first-order valence-corrected chi connectivity index (χ1v) is 6.72. The van der Waals surface area contributed by atoms with Crippen molar-refractivity contribution in [2.24, 2.45) is 7.05 Å². The number of carbonyl (C=O) groups is 1. The number of nitrogens with zero attached hydrogens (tertiary/aromatic N) is 3. The first-order chi connectivity index (χ1) is 9.97. The Bertz CT molecular complexity index is 589. The summed E-state index contributed by atoms with van der Waals surface area (Å²) in [4.78, 5) is 14.0. The third-order valence-electron chi connectivity index (χ3n) is 3.19. The molecule has 114 valence electrons. The lowest BCUT2D eigenvalue weighted by Gasteiger charge is -2.22. The average Bonchev–Trinajstić information content (AvgIpc) is 3.00. The molecule has 2 aromatic rings. The molecule has 0 radical (unpaired) electrons. The summed E-state index contributed by atoms with van der Waals surface area (Å²) >= 11 is 0. The average molecular weight is 291 g/mol. The minimum Gasteiger partial charge on any atom is -0.468 e. The van der Waals surface area contributed by atoms with Crippen LogP contribution in [0.15, 0.2) is 28.9 Å². The van der Waals surface area contributed by atoms with Crippen LogP contribution in [0.5, 0.6) is 0 Å². The van der Waals surface area contributed by atoms with Gasteiger partial charge in [0.1, 0.15) is 11.6 Å². The van der Waals surface area contributed by atoms with E-state index in [1.165, 1.54) is 0 Å². The molecule has 2 amide bonds. The van der Waals surface area contributed by atoms with E-state index in [4.69, 9.17) is 4.42 Å². The quantitative estimate of drug-likeness (QED) is 0.880. The molecule has 0 aliphatic carbocycles. The number of likely N-dealkylation sites (N-methyl/N-ethyl adjacent to an activating group) is 1. The van der Waals surface area contributed by atoms with Crippen molar-refractivity contribution in [2.45, 2.75) is 13.0 Å². The van der Waals surface area contributed by atoms with Gasteiger partial charge in [0.2, 0.25) is 0 Å². The molecular weight excluding hydrogens is 270 g/mol. The number of furan rings is 1. The highest BCUT2D eigenvalue weighted by Crippen LogP contribution is 2.17. The number of aryl methyl sites for hydroxylation is 2. The van der Waals surface area contributed by atoms with E-state index >= 15 is 0 Å². The van der Waals surface area contributed by atoms with Crippen molar-refractivity contribution in [3.8, 4) is 0 Å². The summed E-state index contributed by atoms with van der Waals surface area (Å²) < 4.78 is 7.03. The van der Waals surface area contributed by atoms with E-state index in [-0.39, 0.29) is 12.1 Å². The van der Waals surface area contributed by atoms with Crippen molar-refractivity contribution in [3.63, 3.8) is 0 Å². The van der Waals surface area contributed by atoms with Gasteiger partial charge in [-0.3, -0.25) is 14.9 Å². The molecule has 21 heavy (non-hydrogen) atoms. The number of hydrogen-bond donors (Lipinski definition) is 2. The van der Waals surface area contributed by atoms with Gasteiger partial charge in [-0.2, -0.15) is 5.10 Å². The molecule has 0 saturated heterocycles. The van der Waals surface area contributed by atoms with Gasteiger partial charge in [0.15, 0.2) is 0 Å². The van der Waals surface area contributed by atoms with Crippen LogP contribution < -0.4 is 10.6 Å². The third kappa shape index (κ3) is 3.85. The molecule has 2 heterocycles. The molecule has 0 spiro atoms. The van der Waals surface area contributed by atoms with E-state index in [0.717, 1.165) is 11.5 Å². The summed E-state index contributed by atoms with van der Waals surface area (Å²) in [5.74, 6) is 1.47. The SMILES string of the molecule is Cc1cc(NC(=O)NCC(c2ccco2)N(C)C)n(C)n1. The monoisotopic (exact) mass is 291 g/mol. The van der Waals surface area contributed by atoms with Crippen molar-refractivity contribution in [3.05, 3.63) is 35.9 Å². The highest BCUT2D eigenvalue weighted by atomic mass is 16.3. The smallest absolute Gasteiger partial charge is 0.320 e. The van der Waals surface area contributed by atoms with Gasteiger partial charge >= 0.3 is 6.03 Å². The van der Waals surface area contributed by atoms with Crippen LogP contribution >= 0.6 is 0 Å². The van der Waals surface area contributed by atoms with Crippen molar-refractivity contribution >= 4 is 11.8 Å². The Balaban J connectivity index is 1.92. The van der Waals surface area contributed by atoms with Crippen LogP contribution in [-0.2, 0) is 7.05 Å². The van der Waals surface area contributed by atoms with Crippen LogP contribution in [0.4, 0.5) is 10.6 Å². The fraction of sp³-hybridized carbons (Fsp3) is 0.429. The van der Waals surface area contributed by atoms with E-state index in [0.29, 0.717) is 12.4 Å². The van der Waals surface area contributed by atoms with E-state index in [9.17, 15) is 4.79 Å². The van der Waals surface area contributed by atoms with Crippen LogP contribution in [0, 0.1) is 6.92 Å². The Kier molecular flexibility index (Phi) is 4.64. The number of nitrogens with one attached hydrogen (secondary N) is 2. The maximum Gasteiger partial charge on any atom is 0.320 e. The van der Waals surface area contributed by atoms with Crippen molar-refractivity contribution in [1.29, 1.82) is 0 Å². The molecule has 1 atom stereocenters. The third-order valence-corrected chi connectivity index (χ3v) is 3.19. The molecule has 0 aliphatic rings. The van der Waals surface area contributed by atoms with Gasteiger partial charge in [0, 0.05) is 19.7 Å². The van der Waals surface area contributed by atoms with E-state index < -0.39 is 0 Å². The molecule has 7 nitrogen and oxygen atoms in total. The summed E-state index contributed by atoms with van der Waals surface area (Å²) in [6, 6.07) is 5.27. The van der Waals surface area contributed by atoms with Gasteiger partial charge in [-0.25, -0.2) is 4.79 Å². The summed E-state index contributed by atoms with van der Waals surface area (Å²) in [6.07, 6.45) is 1.63. The molecule has 0 fully saturated rings. The first-order valence-electron chi connectivity index (χ1n) is 6.72. The number of amides is 2. The second kappa shape index (κ2) is 6.45. The number of rotatable bonds is 5. The summed E-state index contributed by atoms with van der Waals surface area (Å²) in [5.41, 5.74) is 0.856. The highest BCUT2D eigenvalue weighted by Gasteiger charge is 2.18. The minimum atomic E-state index is -0.267. The topological polar surface area (TPSA) is 75.3 Å². The van der Waals surface area contributed by atoms with E-state index in [1.54, 1.807) is 18.0 Å². The zero-order chi connectivity index (χ0) is 15.4. The number of aromatic nitrogens is 2. The summed E-state index contributed by atoms with van der Waals surface area (Å²) in [7, 11) is 5.67. The predicted molar refractivity (Wildman–Crippen MR) is 80.1 cm³/mol. The van der Waals surface area contributed by atoms with Gasteiger partial charge < -0.3 is 9.73 Å². The number of carbonyl (C=O) groups excluding carboxylic acids is 1. The Morgan fingerprint density at radius 2 is 2.29 bits per heavy atom. The second-order valence-corrected chi connectivity index (χ2v) is 5.12. The maximum absolute atomic E-state index is 12.0. The molecule has 0 aliphatic heterocycles. The van der Waals surface area contributed by atoms with Crippen LogP contribution in [0.3, 0.4) is 0 Å². The Hall–Kier alpha value is -2.28. The van der Waals surface area contributed by atoms with Crippen LogP contribution in [-0.4, -0.2) is 41.4 Å². The molecule has 7 heteroatoms. The molecule has 0 bridgehead atoms. The van der Waals surface area contributed by atoms with Crippen LogP contribution in [0.25, 0.3) is 0 Å². The molecule has 1 unspecified atom stereocenters. The molecular formula is C14H21N5O2. The van der Waals surface area contributed by atoms with E-state index in [1.807, 2.05) is 44.1 Å². The summed E-state index contributed by atoms with van der Waals surface area (Å²) in [5, 5.41) is 9.80. The number of anilines is 1. The molecule has 2 N–H and O–H groups in total. The lowest BCUT2D eigenvalue weighted by molar-refractivity contribution is 0.233. The second-order valence-electron chi connectivity index (χ2n) is 5.12. The Morgan fingerprint density at radius 1 is 1.52 bits per heavy atom. The highest BCUT2D eigenvalue weighted by molar-refractivity contribution is 5.88. The van der Waals surface area contributed by atoms with Crippen molar-refractivity contribution in [2.75, 3.05) is 26.0 Å². The van der Waals surface area contributed by atoms with Gasteiger partial charge in [0.25, 0.3) is 0 Å².